The second-order valence-electron chi connectivity index (χ2n) is 3.61. The van der Waals surface area contributed by atoms with Crippen LogP contribution in [-0.4, -0.2) is 18.1 Å². The van der Waals surface area contributed by atoms with Crippen molar-refractivity contribution in [2.45, 2.75) is 0 Å². The van der Waals surface area contributed by atoms with Crippen molar-refractivity contribution in [1.82, 2.24) is 4.98 Å². The second kappa shape index (κ2) is 5.65. The number of aromatic nitrogens is 1. The number of hydrogen-bond acceptors (Lipinski definition) is 5. The first-order valence-electron chi connectivity index (χ1n) is 5.45. The summed E-state index contributed by atoms with van der Waals surface area (Å²) in [5.74, 6) is 0.369. The van der Waals surface area contributed by atoms with Gasteiger partial charge in [-0.2, -0.15) is 5.26 Å². The first-order valence-corrected chi connectivity index (χ1v) is 5.45. The van der Waals surface area contributed by atoms with Crippen LogP contribution in [0.25, 0.3) is 0 Å². The summed E-state index contributed by atoms with van der Waals surface area (Å²) in [6, 6.07) is 11.6. The van der Waals surface area contributed by atoms with Crippen LogP contribution in [0.15, 0.2) is 42.6 Å². The maximum absolute atomic E-state index is 11.4. The molecule has 1 heterocycles. The predicted molar refractivity (Wildman–Crippen MR) is 66.8 cm³/mol. The molecule has 1 aromatic carbocycles. The van der Waals surface area contributed by atoms with Gasteiger partial charge < -0.3 is 9.47 Å². The number of esters is 1. The van der Waals surface area contributed by atoms with E-state index in [1.54, 1.807) is 24.3 Å². The van der Waals surface area contributed by atoms with Crippen LogP contribution in [0.1, 0.15) is 15.9 Å². The summed E-state index contributed by atoms with van der Waals surface area (Å²) >= 11 is 0. The van der Waals surface area contributed by atoms with Gasteiger partial charge in [0, 0.05) is 12.3 Å². The van der Waals surface area contributed by atoms with Crippen LogP contribution in [0.2, 0.25) is 0 Å². The number of pyridine rings is 1. The third kappa shape index (κ3) is 3.07. The van der Waals surface area contributed by atoms with E-state index in [2.05, 4.69) is 9.72 Å². The molecule has 5 heteroatoms. The van der Waals surface area contributed by atoms with E-state index in [1.165, 1.54) is 25.4 Å². The van der Waals surface area contributed by atoms with E-state index >= 15 is 0 Å². The number of benzene rings is 1. The van der Waals surface area contributed by atoms with E-state index in [0.29, 0.717) is 16.9 Å². The summed E-state index contributed by atoms with van der Waals surface area (Å²) in [5.41, 5.74) is 0.907. The van der Waals surface area contributed by atoms with Crippen LogP contribution in [0.5, 0.6) is 11.6 Å². The third-order valence-electron chi connectivity index (χ3n) is 2.36. The lowest BCUT2D eigenvalue weighted by Crippen LogP contribution is -2.01. The van der Waals surface area contributed by atoms with Gasteiger partial charge in [0.2, 0.25) is 5.88 Å². The van der Waals surface area contributed by atoms with Crippen LogP contribution in [0.3, 0.4) is 0 Å². The minimum Gasteiger partial charge on any atom is -0.465 e. The molecule has 19 heavy (non-hydrogen) atoms. The number of rotatable bonds is 3. The average molecular weight is 254 g/mol. The first-order chi connectivity index (χ1) is 9.22. The summed E-state index contributed by atoms with van der Waals surface area (Å²) < 4.78 is 10.1. The smallest absolute Gasteiger partial charge is 0.338 e. The Bertz CT molecular complexity index is 630. The molecule has 0 fully saturated rings. The molecule has 94 valence electrons. The maximum atomic E-state index is 11.4. The largest absolute Gasteiger partial charge is 0.465 e. The first kappa shape index (κ1) is 12.6. The molecule has 0 aliphatic rings. The molecule has 0 spiro atoms. The van der Waals surface area contributed by atoms with Gasteiger partial charge in [-0.25, -0.2) is 9.78 Å². The topological polar surface area (TPSA) is 72.2 Å². The number of nitriles is 1. The molecule has 0 unspecified atom stereocenters. The highest BCUT2D eigenvalue weighted by Gasteiger charge is 2.07. The average Bonchev–Trinajstić information content (AvgIpc) is 2.47. The molecular weight excluding hydrogens is 244 g/mol. The Morgan fingerprint density at radius 3 is 2.63 bits per heavy atom. The van der Waals surface area contributed by atoms with Crippen LogP contribution in [0, 0.1) is 11.3 Å². The molecule has 1 aromatic heterocycles. The molecule has 5 nitrogen and oxygen atoms in total. The van der Waals surface area contributed by atoms with Crippen molar-refractivity contribution in [2.75, 3.05) is 7.11 Å². The Morgan fingerprint density at radius 2 is 2.00 bits per heavy atom. The molecule has 0 saturated heterocycles. The Labute approximate surface area is 110 Å². The van der Waals surface area contributed by atoms with E-state index in [9.17, 15) is 4.79 Å². The normalized spacial score (nSPS) is 9.47. The van der Waals surface area contributed by atoms with Crippen LogP contribution < -0.4 is 4.74 Å². The Balaban J connectivity index is 2.18. The van der Waals surface area contributed by atoms with Gasteiger partial charge in [-0.3, -0.25) is 0 Å². The number of methoxy groups -OCH3 is 1. The molecule has 0 bridgehead atoms. The molecule has 2 rings (SSSR count). The minimum absolute atomic E-state index is 0.285. The van der Waals surface area contributed by atoms with E-state index in [1.807, 2.05) is 6.07 Å². The molecule has 0 atom stereocenters. The van der Waals surface area contributed by atoms with Crippen molar-refractivity contribution in [1.29, 1.82) is 5.26 Å². The van der Waals surface area contributed by atoms with Crippen molar-refractivity contribution >= 4 is 5.97 Å². The van der Waals surface area contributed by atoms with Crippen LogP contribution >= 0.6 is 0 Å². The lowest BCUT2D eigenvalue weighted by Gasteiger charge is -2.05. The highest BCUT2D eigenvalue weighted by Crippen LogP contribution is 2.20. The lowest BCUT2D eigenvalue weighted by atomic mass is 10.2. The summed E-state index contributed by atoms with van der Waals surface area (Å²) in [5, 5.41) is 8.69. The highest BCUT2D eigenvalue weighted by atomic mass is 16.5. The Kier molecular flexibility index (Phi) is 3.74. The molecular formula is C14H10N2O3. The van der Waals surface area contributed by atoms with Gasteiger partial charge in [-0.15, -0.1) is 0 Å². The second-order valence-corrected chi connectivity index (χ2v) is 3.61. The zero-order valence-corrected chi connectivity index (χ0v) is 10.2. The van der Waals surface area contributed by atoms with Crippen molar-refractivity contribution in [3.05, 3.63) is 53.7 Å². The molecule has 0 saturated carbocycles. The summed E-state index contributed by atoms with van der Waals surface area (Å²) in [6.45, 7) is 0. The van der Waals surface area contributed by atoms with Gasteiger partial charge in [0.05, 0.1) is 24.3 Å². The number of carbonyl (C=O) groups excluding carboxylic acids is 1. The fraction of sp³-hybridized carbons (Fsp3) is 0.0714. The fourth-order valence-electron chi connectivity index (χ4n) is 1.43. The van der Waals surface area contributed by atoms with Gasteiger partial charge in [-0.05, 0) is 30.3 Å². The van der Waals surface area contributed by atoms with Crippen molar-refractivity contribution in [3.63, 3.8) is 0 Å². The van der Waals surface area contributed by atoms with Gasteiger partial charge in [0.15, 0.2) is 0 Å². The SMILES string of the molecule is COC(=O)c1ccnc(Oc2ccc(C#N)cc2)c1. The molecule has 0 aliphatic heterocycles. The molecule has 0 aliphatic carbocycles. The quantitative estimate of drug-likeness (QED) is 0.787. The van der Waals surface area contributed by atoms with E-state index < -0.39 is 5.97 Å². The van der Waals surface area contributed by atoms with Crippen LogP contribution in [0.4, 0.5) is 0 Å². The molecule has 0 radical (unpaired) electrons. The number of carbonyl (C=O) groups is 1. The summed E-state index contributed by atoms with van der Waals surface area (Å²) in [7, 11) is 1.31. The highest BCUT2D eigenvalue weighted by molar-refractivity contribution is 5.89. The van der Waals surface area contributed by atoms with E-state index in [-0.39, 0.29) is 5.88 Å². The summed E-state index contributed by atoms with van der Waals surface area (Å²) in [4.78, 5) is 15.4. The Morgan fingerprint density at radius 1 is 1.26 bits per heavy atom. The number of hydrogen-bond donors (Lipinski definition) is 0. The zero-order valence-electron chi connectivity index (χ0n) is 10.2. The Hall–Kier alpha value is -2.87. The van der Waals surface area contributed by atoms with Gasteiger partial charge in [-0.1, -0.05) is 0 Å². The van der Waals surface area contributed by atoms with Crippen molar-refractivity contribution < 1.29 is 14.3 Å². The minimum atomic E-state index is -0.452. The van der Waals surface area contributed by atoms with Crippen molar-refractivity contribution in [2.24, 2.45) is 0 Å². The number of nitrogens with zero attached hydrogens (tertiary/aromatic N) is 2. The maximum Gasteiger partial charge on any atom is 0.338 e. The predicted octanol–water partition coefficient (Wildman–Crippen LogP) is 2.53. The van der Waals surface area contributed by atoms with Gasteiger partial charge in [0.25, 0.3) is 0 Å². The summed E-state index contributed by atoms with van der Waals surface area (Å²) in [6.07, 6.45) is 1.46. The van der Waals surface area contributed by atoms with Gasteiger partial charge >= 0.3 is 5.97 Å². The molecule has 0 amide bonds. The van der Waals surface area contributed by atoms with Crippen molar-refractivity contribution in [3.8, 4) is 17.7 Å². The third-order valence-corrected chi connectivity index (χ3v) is 2.36. The molecule has 2 aromatic rings. The van der Waals surface area contributed by atoms with Gasteiger partial charge in [0.1, 0.15) is 5.75 Å². The standard InChI is InChI=1S/C14H10N2O3/c1-18-14(17)11-6-7-16-13(8-11)19-12-4-2-10(9-15)3-5-12/h2-8H,1H3. The van der Waals surface area contributed by atoms with E-state index in [4.69, 9.17) is 10.00 Å². The number of ether oxygens (including phenoxy) is 2. The fourth-order valence-corrected chi connectivity index (χ4v) is 1.43. The van der Waals surface area contributed by atoms with E-state index in [0.717, 1.165) is 0 Å². The lowest BCUT2D eigenvalue weighted by molar-refractivity contribution is 0.0600. The monoisotopic (exact) mass is 254 g/mol. The van der Waals surface area contributed by atoms with Crippen LogP contribution in [-0.2, 0) is 4.74 Å². The molecule has 0 N–H and O–H groups in total. The zero-order chi connectivity index (χ0) is 13.7.